The lowest BCUT2D eigenvalue weighted by Gasteiger charge is -2.38. The average molecular weight is 359 g/mol. The highest BCUT2D eigenvalue weighted by Gasteiger charge is 2.36. The molecule has 1 N–H and O–H groups in total. The molecule has 0 fully saturated rings. The number of likely N-dealkylation sites (N-methyl/N-ethyl adjacent to an activating group) is 2. The third-order valence-corrected chi connectivity index (χ3v) is 4.83. The third-order valence-electron chi connectivity index (χ3n) is 4.83. The molecule has 27 heavy (non-hydrogen) atoms. The predicted octanol–water partition coefficient (Wildman–Crippen LogP) is 3.24. The molecule has 1 unspecified atom stereocenters. The molecular formula is C21H21N5O. The summed E-state index contributed by atoms with van der Waals surface area (Å²) < 4.78 is 0. The van der Waals surface area contributed by atoms with E-state index in [1.807, 2.05) is 72.6 Å². The van der Waals surface area contributed by atoms with Crippen LogP contribution in [0.1, 0.15) is 5.56 Å². The molecule has 1 aromatic heterocycles. The number of nitrogens with one attached hydrogen (secondary N) is 1. The van der Waals surface area contributed by atoms with E-state index >= 15 is 0 Å². The summed E-state index contributed by atoms with van der Waals surface area (Å²) in [6.07, 6.45) is 2.33. The SMILES string of the molecule is CN1C(=O)C(Cc2ccccc2)N(C)c2nc(Nc3ccccc3)ncc21. The van der Waals surface area contributed by atoms with Crippen molar-refractivity contribution in [1.82, 2.24) is 9.97 Å². The van der Waals surface area contributed by atoms with Crippen molar-refractivity contribution in [2.24, 2.45) is 0 Å². The minimum Gasteiger partial charge on any atom is -0.345 e. The van der Waals surface area contributed by atoms with Gasteiger partial charge >= 0.3 is 0 Å². The van der Waals surface area contributed by atoms with Gasteiger partial charge in [0, 0.05) is 26.2 Å². The summed E-state index contributed by atoms with van der Waals surface area (Å²) in [6, 6.07) is 19.5. The van der Waals surface area contributed by atoms with Crippen LogP contribution in [0.3, 0.4) is 0 Å². The van der Waals surface area contributed by atoms with Crippen LogP contribution in [0.5, 0.6) is 0 Å². The van der Waals surface area contributed by atoms with E-state index in [0.29, 0.717) is 18.1 Å². The van der Waals surface area contributed by atoms with Crippen LogP contribution in [0, 0.1) is 0 Å². The number of carbonyl (C=O) groups is 1. The quantitative estimate of drug-likeness (QED) is 0.775. The first-order valence-electron chi connectivity index (χ1n) is 8.87. The zero-order valence-corrected chi connectivity index (χ0v) is 15.3. The summed E-state index contributed by atoms with van der Waals surface area (Å²) in [5.74, 6) is 1.29. The third kappa shape index (κ3) is 3.33. The first-order chi connectivity index (χ1) is 13.1. The van der Waals surface area contributed by atoms with Gasteiger partial charge in [-0.25, -0.2) is 4.98 Å². The number of benzene rings is 2. The Morgan fingerprint density at radius 3 is 2.37 bits per heavy atom. The Balaban J connectivity index is 1.65. The van der Waals surface area contributed by atoms with Crippen LogP contribution in [0.2, 0.25) is 0 Å². The fraction of sp³-hybridized carbons (Fsp3) is 0.190. The molecule has 0 spiro atoms. The summed E-state index contributed by atoms with van der Waals surface area (Å²) in [5.41, 5.74) is 2.75. The Hall–Kier alpha value is -3.41. The lowest BCUT2D eigenvalue weighted by atomic mass is 10.0. The highest BCUT2D eigenvalue weighted by Crippen LogP contribution is 2.34. The van der Waals surface area contributed by atoms with Crippen LogP contribution in [0.15, 0.2) is 66.9 Å². The van der Waals surface area contributed by atoms with Crippen molar-refractivity contribution >= 4 is 29.0 Å². The van der Waals surface area contributed by atoms with Gasteiger partial charge in [-0.1, -0.05) is 48.5 Å². The van der Waals surface area contributed by atoms with Crippen molar-refractivity contribution in [3.05, 3.63) is 72.4 Å². The summed E-state index contributed by atoms with van der Waals surface area (Å²) in [7, 11) is 3.69. The van der Waals surface area contributed by atoms with E-state index in [1.54, 1.807) is 18.1 Å². The Morgan fingerprint density at radius 1 is 1.00 bits per heavy atom. The van der Waals surface area contributed by atoms with Crippen LogP contribution < -0.4 is 15.1 Å². The second-order valence-corrected chi connectivity index (χ2v) is 6.61. The van der Waals surface area contributed by atoms with Gasteiger partial charge in [-0.15, -0.1) is 0 Å². The van der Waals surface area contributed by atoms with E-state index in [-0.39, 0.29) is 11.9 Å². The number of fused-ring (bicyclic) bond motifs is 1. The van der Waals surface area contributed by atoms with Crippen molar-refractivity contribution in [2.75, 3.05) is 29.2 Å². The van der Waals surface area contributed by atoms with Gasteiger partial charge in [-0.2, -0.15) is 4.98 Å². The van der Waals surface area contributed by atoms with E-state index < -0.39 is 0 Å². The molecule has 6 nitrogen and oxygen atoms in total. The number of anilines is 4. The summed E-state index contributed by atoms with van der Waals surface area (Å²) >= 11 is 0. The van der Waals surface area contributed by atoms with Gasteiger partial charge in [0.1, 0.15) is 11.7 Å². The molecule has 6 heteroatoms. The topological polar surface area (TPSA) is 61.4 Å². The zero-order chi connectivity index (χ0) is 18.8. The Labute approximate surface area is 158 Å². The molecule has 3 aromatic rings. The summed E-state index contributed by atoms with van der Waals surface area (Å²) in [4.78, 5) is 25.5. The molecule has 1 aliphatic heterocycles. The first-order valence-corrected chi connectivity index (χ1v) is 8.87. The molecule has 0 radical (unpaired) electrons. The van der Waals surface area contributed by atoms with Crippen LogP contribution in [-0.2, 0) is 11.2 Å². The maximum atomic E-state index is 12.9. The maximum Gasteiger partial charge on any atom is 0.249 e. The van der Waals surface area contributed by atoms with Gasteiger partial charge < -0.3 is 15.1 Å². The number of carbonyl (C=O) groups excluding carboxylic acids is 1. The highest BCUT2D eigenvalue weighted by molar-refractivity contribution is 6.04. The summed E-state index contributed by atoms with van der Waals surface area (Å²) in [5, 5.41) is 3.21. The van der Waals surface area contributed by atoms with Crippen molar-refractivity contribution in [3.63, 3.8) is 0 Å². The second kappa shape index (κ2) is 7.07. The summed E-state index contributed by atoms with van der Waals surface area (Å²) in [6.45, 7) is 0. The highest BCUT2D eigenvalue weighted by atomic mass is 16.2. The van der Waals surface area contributed by atoms with Crippen molar-refractivity contribution in [1.29, 1.82) is 0 Å². The molecular weight excluding hydrogens is 338 g/mol. The number of aromatic nitrogens is 2. The molecule has 4 rings (SSSR count). The van der Waals surface area contributed by atoms with E-state index in [0.717, 1.165) is 17.1 Å². The van der Waals surface area contributed by atoms with Crippen molar-refractivity contribution < 1.29 is 4.79 Å². The van der Waals surface area contributed by atoms with E-state index in [4.69, 9.17) is 0 Å². The molecule has 0 bridgehead atoms. The monoisotopic (exact) mass is 359 g/mol. The average Bonchev–Trinajstić information content (AvgIpc) is 2.71. The smallest absolute Gasteiger partial charge is 0.249 e. The first kappa shape index (κ1) is 17.0. The fourth-order valence-electron chi connectivity index (χ4n) is 3.29. The lowest BCUT2D eigenvalue weighted by Crippen LogP contribution is -2.52. The molecule has 0 saturated carbocycles. The van der Waals surface area contributed by atoms with Gasteiger partial charge in [0.05, 0.1) is 6.20 Å². The van der Waals surface area contributed by atoms with Gasteiger partial charge in [0.15, 0.2) is 5.82 Å². The standard InChI is InChI=1S/C21H21N5O/c1-25-17(13-15-9-5-3-6-10-15)20(27)26(2)18-14-22-21(24-19(18)25)23-16-11-7-4-8-12-16/h3-12,14,17H,13H2,1-2H3,(H,22,23,24). The van der Waals surface area contributed by atoms with Crippen LogP contribution >= 0.6 is 0 Å². The Morgan fingerprint density at radius 2 is 1.67 bits per heavy atom. The maximum absolute atomic E-state index is 12.9. The van der Waals surface area contributed by atoms with Gasteiger partial charge in [0.2, 0.25) is 11.9 Å². The molecule has 2 heterocycles. The number of para-hydroxylation sites is 1. The second-order valence-electron chi connectivity index (χ2n) is 6.61. The number of rotatable bonds is 4. The molecule has 136 valence electrons. The number of hydrogen-bond donors (Lipinski definition) is 1. The van der Waals surface area contributed by atoms with Crippen LogP contribution in [0.25, 0.3) is 0 Å². The van der Waals surface area contributed by atoms with Crippen molar-refractivity contribution in [3.8, 4) is 0 Å². The molecule has 0 aliphatic carbocycles. The minimum atomic E-state index is -0.302. The molecule has 2 aromatic carbocycles. The Bertz CT molecular complexity index is 945. The molecule has 1 amide bonds. The van der Waals surface area contributed by atoms with E-state index in [2.05, 4.69) is 15.3 Å². The van der Waals surface area contributed by atoms with Crippen molar-refractivity contribution in [2.45, 2.75) is 12.5 Å². The zero-order valence-electron chi connectivity index (χ0n) is 15.3. The molecule has 1 aliphatic rings. The largest absolute Gasteiger partial charge is 0.345 e. The van der Waals surface area contributed by atoms with Gasteiger partial charge in [-0.05, 0) is 17.7 Å². The van der Waals surface area contributed by atoms with Gasteiger partial charge in [0.25, 0.3) is 0 Å². The number of amides is 1. The van der Waals surface area contributed by atoms with Gasteiger partial charge in [-0.3, -0.25) is 4.79 Å². The van der Waals surface area contributed by atoms with E-state index in [9.17, 15) is 4.79 Å². The fourth-order valence-corrected chi connectivity index (χ4v) is 3.29. The van der Waals surface area contributed by atoms with Crippen LogP contribution in [0.4, 0.5) is 23.1 Å². The van der Waals surface area contributed by atoms with Crippen LogP contribution in [-0.4, -0.2) is 36.0 Å². The normalized spacial score (nSPS) is 16.2. The molecule has 0 saturated heterocycles. The lowest BCUT2D eigenvalue weighted by molar-refractivity contribution is -0.119. The van der Waals surface area contributed by atoms with E-state index in [1.165, 1.54) is 0 Å². The predicted molar refractivity (Wildman–Crippen MR) is 108 cm³/mol. The number of hydrogen-bond acceptors (Lipinski definition) is 5. The molecule has 1 atom stereocenters. The number of nitrogens with zero attached hydrogens (tertiary/aromatic N) is 4. The Kier molecular flexibility index (Phi) is 4.46. The minimum absolute atomic E-state index is 0.0428.